The molecule has 2 N–H and O–H groups in total. The molecule has 3 aromatic carbocycles. The Morgan fingerprint density at radius 2 is 1.83 bits per heavy atom. The van der Waals surface area contributed by atoms with Crippen LogP contribution in [0.15, 0.2) is 66.7 Å². The van der Waals surface area contributed by atoms with Crippen LogP contribution in [0.25, 0.3) is 0 Å². The molecule has 0 radical (unpaired) electrons. The summed E-state index contributed by atoms with van der Waals surface area (Å²) in [5.74, 6) is 0.995. The van der Waals surface area contributed by atoms with Crippen molar-refractivity contribution >= 4 is 11.4 Å². The molecule has 29 heavy (non-hydrogen) atoms. The van der Waals surface area contributed by atoms with Crippen molar-refractivity contribution in [1.82, 2.24) is 0 Å². The molecule has 3 aromatic rings. The fourth-order valence-corrected chi connectivity index (χ4v) is 4.21. The van der Waals surface area contributed by atoms with Gasteiger partial charge in [0.2, 0.25) is 0 Å². The van der Waals surface area contributed by atoms with Crippen LogP contribution in [0.1, 0.15) is 36.1 Å². The van der Waals surface area contributed by atoms with E-state index in [0.29, 0.717) is 6.42 Å². The van der Waals surface area contributed by atoms with Crippen LogP contribution in [0, 0.1) is 10.1 Å². The van der Waals surface area contributed by atoms with Crippen LogP contribution in [0.5, 0.6) is 11.5 Å². The number of fused-ring (bicyclic) bond motifs is 1. The van der Waals surface area contributed by atoms with Crippen LogP contribution in [0.4, 0.5) is 11.4 Å². The van der Waals surface area contributed by atoms with Gasteiger partial charge >= 0.3 is 0 Å². The number of nitro groups is 1. The number of nitrogens with one attached hydrogen (secondary N) is 1. The zero-order valence-electron chi connectivity index (χ0n) is 16.3. The number of methoxy groups -OCH3 is 1. The summed E-state index contributed by atoms with van der Waals surface area (Å²) < 4.78 is 5.43. The van der Waals surface area contributed by atoms with E-state index in [0.717, 1.165) is 28.1 Å². The van der Waals surface area contributed by atoms with E-state index >= 15 is 0 Å². The van der Waals surface area contributed by atoms with Crippen molar-refractivity contribution < 1.29 is 14.8 Å². The van der Waals surface area contributed by atoms with Crippen molar-refractivity contribution in [3.63, 3.8) is 0 Å². The molecule has 2 atom stereocenters. The van der Waals surface area contributed by atoms with Crippen LogP contribution < -0.4 is 10.1 Å². The number of hydrogen-bond donors (Lipinski definition) is 2. The van der Waals surface area contributed by atoms with E-state index in [-0.39, 0.29) is 17.5 Å². The highest BCUT2D eigenvalue weighted by Gasteiger charge is 2.40. The Labute approximate surface area is 168 Å². The largest absolute Gasteiger partial charge is 0.508 e. The maximum absolute atomic E-state index is 11.0. The van der Waals surface area contributed by atoms with Gasteiger partial charge in [-0.1, -0.05) is 37.3 Å². The maximum atomic E-state index is 11.0. The third kappa shape index (κ3) is 3.27. The minimum Gasteiger partial charge on any atom is -0.508 e. The third-order valence-electron chi connectivity index (χ3n) is 5.77. The topological polar surface area (TPSA) is 84.6 Å². The average Bonchev–Trinajstić information content (AvgIpc) is 2.73. The summed E-state index contributed by atoms with van der Waals surface area (Å²) in [6, 6.07) is 19.8. The van der Waals surface area contributed by atoms with Gasteiger partial charge in [-0.15, -0.1) is 0 Å². The first-order valence-electron chi connectivity index (χ1n) is 9.40. The molecule has 0 unspecified atom stereocenters. The lowest BCUT2D eigenvalue weighted by Crippen LogP contribution is -2.34. The maximum Gasteiger partial charge on any atom is 0.269 e. The minimum absolute atomic E-state index is 0.0677. The van der Waals surface area contributed by atoms with Gasteiger partial charge in [-0.3, -0.25) is 10.1 Å². The Hall–Kier alpha value is -3.54. The van der Waals surface area contributed by atoms with Crippen LogP contribution >= 0.6 is 0 Å². The molecule has 0 fully saturated rings. The number of anilines is 1. The molecule has 0 amide bonds. The minimum atomic E-state index is -0.479. The fraction of sp³-hybridized carbons (Fsp3) is 0.217. The monoisotopic (exact) mass is 390 g/mol. The summed E-state index contributed by atoms with van der Waals surface area (Å²) in [6.45, 7) is 2.11. The van der Waals surface area contributed by atoms with E-state index in [4.69, 9.17) is 4.74 Å². The molecular weight excluding hydrogens is 368 g/mol. The van der Waals surface area contributed by atoms with Crippen molar-refractivity contribution in [1.29, 1.82) is 0 Å². The van der Waals surface area contributed by atoms with Gasteiger partial charge in [0.15, 0.2) is 0 Å². The highest BCUT2D eigenvalue weighted by molar-refractivity contribution is 5.65. The first-order chi connectivity index (χ1) is 13.9. The van der Waals surface area contributed by atoms with Crippen molar-refractivity contribution in [2.24, 2.45) is 0 Å². The predicted molar refractivity (Wildman–Crippen MR) is 112 cm³/mol. The summed E-state index contributed by atoms with van der Waals surface area (Å²) in [5, 5.41) is 25.1. The van der Waals surface area contributed by atoms with Gasteiger partial charge in [-0.05, 0) is 41.8 Å². The Morgan fingerprint density at radius 3 is 2.48 bits per heavy atom. The van der Waals surface area contributed by atoms with Gasteiger partial charge in [0.25, 0.3) is 5.69 Å². The highest BCUT2D eigenvalue weighted by atomic mass is 16.6. The van der Waals surface area contributed by atoms with Gasteiger partial charge in [0.1, 0.15) is 11.5 Å². The predicted octanol–water partition coefficient (Wildman–Crippen LogP) is 5.17. The molecule has 6 heteroatoms. The number of phenolic OH excluding ortho intramolecular Hbond substituents is 1. The number of nitro benzene ring substituents is 1. The van der Waals surface area contributed by atoms with Crippen LogP contribution in [0.2, 0.25) is 0 Å². The lowest BCUT2D eigenvalue weighted by molar-refractivity contribution is -0.384. The molecule has 1 aliphatic rings. The van der Waals surface area contributed by atoms with E-state index in [1.165, 1.54) is 12.1 Å². The summed E-state index contributed by atoms with van der Waals surface area (Å²) in [5.41, 5.74) is 3.37. The van der Waals surface area contributed by atoms with Gasteiger partial charge in [0, 0.05) is 28.8 Å². The molecule has 148 valence electrons. The van der Waals surface area contributed by atoms with Gasteiger partial charge in [0.05, 0.1) is 18.1 Å². The second-order valence-electron chi connectivity index (χ2n) is 7.51. The molecule has 0 saturated heterocycles. The number of aromatic hydroxyl groups is 1. The number of nitrogens with zero attached hydrogens (tertiary/aromatic N) is 1. The SMILES string of the molecule is COc1ccc2c(c1)[C@](C)(c1ccccc1O)C[C@H](c1ccc([N+](=O)[O-])cc1)N2. The Kier molecular flexibility index (Phi) is 4.62. The molecular formula is C23H22N2O4. The zero-order chi connectivity index (χ0) is 20.6. The van der Waals surface area contributed by atoms with E-state index in [1.807, 2.05) is 36.4 Å². The molecule has 0 aliphatic carbocycles. The Bertz CT molecular complexity index is 1060. The third-order valence-corrected chi connectivity index (χ3v) is 5.77. The molecule has 0 bridgehead atoms. The van der Waals surface area contributed by atoms with E-state index in [1.54, 1.807) is 25.3 Å². The van der Waals surface area contributed by atoms with Crippen molar-refractivity contribution in [2.45, 2.75) is 24.8 Å². The number of ether oxygens (including phenoxy) is 1. The molecule has 1 aliphatic heterocycles. The van der Waals surface area contributed by atoms with E-state index in [2.05, 4.69) is 12.2 Å². The van der Waals surface area contributed by atoms with Crippen LogP contribution in [0.3, 0.4) is 0 Å². The number of benzene rings is 3. The second-order valence-corrected chi connectivity index (χ2v) is 7.51. The Balaban J connectivity index is 1.83. The smallest absolute Gasteiger partial charge is 0.269 e. The number of hydrogen-bond acceptors (Lipinski definition) is 5. The second kappa shape index (κ2) is 7.13. The normalized spacial score (nSPS) is 20.4. The first-order valence-corrected chi connectivity index (χ1v) is 9.40. The van der Waals surface area contributed by atoms with Crippen LogP contribution in [-0.4, -0.2) is 17.1 Å². The van der Waals surface area contributed by atoms with E-state index in [9.17, 15) is 15.2 Å². The molecule has 4 rings (SSSR count). The quantitative estimate of drug-likeness (QED) is 0.474. The van der Waals surface area contributed by atoms with Crippen molar-refractivity contribution in [2.75, 3.05) is 12.4 Å². The van der Waals surface area contributed by atoms with Gasteiger partial charge in [-0.25, -0.2) is 0 Å². The average molecular weight is 390 g/mol. The lowest BCUT2D eigenvalue weighted by Gasteiger charge is -2.42. The molecule has 6 nitrogen and oxygen atoms in total. The van der Waals surface area contributed by atoms with Gasteiger partial charge < -0.3 is 15.2 Å². The van der Waals surface area contributed by atoms with Gasteiger partial charge in [-0.2, -0.15) is 0 Å². The summed E-state index contributed by atoms with van der Waals surface area (Å²) in [6.07, 6.45) is 0.669. The Morgan fingerprint density at radius 1 is 1.10 bits per heavy atom. The first kappa shape index (κ1) is 18.8. The molecule has 0 spiro atoms. The number of rotatable bonds is 4. The highest BCUT2D eigenvalue weighted by Crippen LogP contribution is 2.51. The summed E-state index contributed by atoms with van der Waals surface area (Å²) >= 11 is 0. The molecule has 1 heterocycles. The zero-order valence-corrected chi connectivity index (χ0v) is 16.3. The fourth-order valence-electron chi connectivity index (χ4n) is 4.21. The summed E-state index contributed by atoms with van der Waals surface area (Å²) in [4.78, 5) is 10.6. The number of non-ortho nitro benzene ring substituents is 1. The molecule has 0 aromatic heterocycles. The number of para-hydroxylation sites is 1. The lowest BCUT2D eigenvalue weighted by atomic mass is 9.68. The van der Waals surface area contributed by atoms with Crippen molar-refractivity contribution in [3.05, 3.63) is 93.5 Å². The summed E-state index contributed by atoms with van der Waals surface area (Å²) in [7, 11) is 1.63. The standard InChI is InChI=1S/C23H22N2O4/c1-23(18-5-3-4-6-22(18)26)14-21(15-7-9-16(10-8-15)25(27)28)24-20-12-11-17(29-2)13-19(20)23/h3-13,21,24,26H,14H2,1-2H3/t21-,23+/m1/s1. The van der Waals surface area contributed by atoms with Crippen molar-refractivity contribution in [3.8, 4) is 11.5 Å². The molecule has 0 saturated carbocycles. The van der Waals surface area contributed by atoms with E-state index < -0.39 is 10.3 Å². The van der Waals surface area contributed by atoms with Crippen LogP contribution in [-0.2, 0) is 5.41 Å². The number of phenols is 1.